The Morgan fingerprint density at radius 1 is 1.08 bits per heavy atom. The molecule has 0 amide bonds. The van der Waals surface area contributed by atoms with Crippen LogP contribution in [0.5, 0.6) is 0 Å². The Kier molecular flexibility index (Phi) is 5.89. The maximum atomic E-state index is 6.24. The molecule has 0 unspecified atom stereocenters. The second-order valence-corrected chi connectivity index (χ2v) is 7.04. The fraction of sp³-hybridized carbons (Fsp3) is 0.368. The molecule has 0 saturated carbocycles. The number of nitrogens with one attached hydrogen (secondary N) is 1. The molecule has 0 aliphatic rings. The van der Waals surface area contributed by atoms with Crippen LogP contribution in [0.25, 0.3) is 11.0 Å². The van der Waals surface area contributed by atoms with Crippen molar-refractivity contribution in [2.45, 2.75) is 26.7 Å². The summed E-state index contributed by atoms with van der Waals surface area (Å²) in [6.07, 6.45) is 5.32. The summed E-state index contributed by atoms with van der Waals surface area (Å²) in [6.45, 7) is 6.44. The van der Waals surface area contributed by atoms with E-state index < -0.39 is 0 Å². The number of anilines is 3. The van der Waals surface area contributed by atoms with Gasteiger partial charge in [0.1, 0.15) is 0 Å². The number of pyridine rings is 1. The average Bonchev–Trinajstić information content (AvgIpc) is 2.94. The third kappa shape index (κ3) is 3.60. The summed E-state index contributed by atoms with van der Waals surface area (Å²) in [7, 11) is 2.00. The van der Waals surface area contributed by atoms with Crippen molar-refractivity contribution < 1.29 is 0 Å². The summed E-state index contributed by atoms with van der Waals surface area (Å²) in [5, 5.41) is 4.18. The van der Waals surface area contributed by atoms with Gasteiger partial charge in [0.25, 0.3) is 0 Å². The van der Waals surface area contributed by atoms with Crippen molar-refractivity contribution in [1.82, 2.24) is 14.5 Å². The average molecular weight is 392 g/mol. The van der Waals surface area contributed by atoms with E-state index in [1.165, 1.54) is 5.69 Å². The van der Waals surface area contributed by atoms with E-state index >= 15 is 0 Å². The number of halogens is 2. The quantitative estimate of drug-likeness (QED) is 0.565. The summed E-state index contributed by atoms with van der Waals surface area (Å²) in [5.41, 5.74) is 3.84. The number of nitrogens with zero attached hydrogens (tertiary/aromatic N) is 4. The minimum absolute atomic E-state index is 0.461. The molecule has 1 N–H and O–H groups in total. The van der Waals surface area contributed by atoms with Crippen LogP contribution in [0.4, 0.5) is 17.3 Å². The highest BCUT2D eigenvalue weighted by molar-refractivity contribution is 6.39. The number of para-hydroxylation sites is 1. The predicted octanol–water partition coefficient (Wildman–Crippen LogP) is 5.65. The van der Waals surface area contributed by atoms with Crippen molar-refractivity contribution in [2.24, 2.45) is 7.05 Å². The zero-order chi connectivity index (χ0) is 18.7. The summed E-state index contributed by atoms with van der Waals surface area (Å²) >= 11 is 12.5. The van der Waals surface area contributed by atoms with Gasteiger partial charge < -0.3 is 14.8 Å². The molecule has 138 valence electrons. The molecule has 0 radical (unpaired) electrons. The molecule has 0 bridgehead atoms. The van der Waals surface area contributed by atoms with Crippen LogP contribution in [0.1, 0.15) is 26.7 Å². The molecule has 0 aliphatic carbocycles. The molecule has 0 fully saturated rings. The van der Waals surface area contributed by atoms with Crippen LogP contribution in [-0.2, 0) is 7.05 Å². The monoisotopic (exact) mass is 391 g/mol. The number of aryl methyl sites for hydroxylation is 1. The van der Waals surface area contributed by atoms with Crippen LogP contribution < -0.4 is 10.2 Å². The molecule has 5 nitrogen and oxygen atoms in total. The topological polar surface area (TPSA) is 46.0 Å². The molecule has 3 aromatic rings. The van der Waals surface area contributed by atoms with E-state index in [9.17, 15) is 0 Å². The number of rotatable bonds is 7. The first-order valence-corrected chi connectivity index (χ1v) is 9.58. The van der Waals surface area contributed by atoms with Crippen LogP contribution in [-0.4, -0.2) is 27.6 Å². The molecule has 7 heteroatoms. The molecular formula is C19H23Cl2N5. The van der Waals surface area contributed by atoms with E-state index in [2.05, 4.69) is 45.7 Å². The van der Waals surface area contributed by atoms with E-state index in [0.717, 1.165) is 37.0 Å². The van der Waals surface area contributed by atoms with Crippen LogP contribution in [0.3, 0.4) is 0 Å². The lowest BCUT2D eigenvalue weighted by Gasteiger charge is -2.25. The van der Waals surface area contributed by atoms with Crippen molar-refractivity contribution in [3.05, 3.63) is 40.6 Å². The van der Waals surface area contributed by atoms with Gasteiger partial charge in [0.15, 0.2) is 0 Å². The van der Waals surface area contributed by atoms with Gasteiger partial charge in [-0.2, -0.15) is 0 Å². The SMILES string of the molecule is CCCN(CCC)c1cccc2nc(Nc3c(Cl)cncc3Cl)n(C)c12. The number of fused-ring (bicyclic) bond motifs is 1. The van der Waals surface area contributed by atoms with Crippen molar-refractivity contribution in [3.8, 4) is 0 Å². The maximum absolute atomic E-state index is 6.24. The summed E-state index contributed by atoms with van der Waals surface area (Å²) in [5.74, 6) is 0.690. The summed E-state index contributed by atoms with van der Waals surface area (Å²) < 4.78 is 2.05. The van der Waals surface area contributed by atoms with E-state index in [1.807, 2.05) is 13.1 Å². The number of hydrogen-bond donors (Lipinski definition) is 1. The third-order valence-corrected chi connectivity index (χ3v) is 4.86. The standard InChI is InChI=1S/C19H23Cl2N5/c1-4-9-26(10-5-2)16-8-6-7-15-18(16)25(3)19(23-15)24-17-13(20)11-22-12-14(17)21/h6-8,11-12H,4-5,9-10H2,1-3H3,(H,22,23,24). The summed E-state index contributed by atoms with van der Waals surface area (Å²) in [6, 6.07) is 6.24. The lowest BCUT2D eigenvalue weighted by molar-refractivity contribution is 0.745. The van der Waals surface area contributed by atoms with Gasteiger partial charge in [-0.25, -0.2) is 4.98 Å². The smallest absolute Gasteiger partial charge is 0.208 e. The molecule has 2 aromatic heterocycles. The lowest BCUT2D eigenvalue weighted by Crippen LogP contribution is -2.25. The Hall–Kier alpha value is -1.98. The molecule has 0 saturated heterocycles. The highest BCUT2D eigenvalue weighted by Crippen LogP contribution is 2.34. The molecule has 26 heavy (non-hydrogen) atoms. The largest absolute Gasteiger partial charge is 0.370 e. The first-order chi connectivity index (χ1) is 12.6. The first-order valence-electron chi connectivity index (χ1n) is 8.83. The highest BCUT2D eigenvalue weighted by Gasteiger charge is 2.17. The molecule has 3 rings (SSSR count). The number of benzene rings is 1. The third-order valence-electron chi connectivity index (χ3n) is 4.29. The first kappa shape index (κ1) is 18.8. The van der Waals surface area contributed by atoms with Crippen LogP contribution in [0.2, 0.25) is 10.0 Å². The molecule has 1 aromatic carbocycles. The normalized spacial score (nSPS) is 11.1. The van der Waals surface area contributed by atoms with Gasteiger partial charge in [-0.1, -0.05) is 43.1 Å². The van der Waals surface area contributed by atoms with Crippen LogP contribution in [0.15, 0.2) is 30.6 Å². The van der Waals surface area contributed by atoms with Gasteiger partial charge in [-0.05, 0) is 25.0 Å². The second-order valence-electron chi connectivity index (χ2n) is 6.23. The van der Waals surface area contributed by atoms with Gasteiger partial charge in [0.2, 0.25) is 5.95 Å². The van der Waals surface area contributed by atoms with Gasteiger partial charge in [-0.15, -0.1) is 0 Å². The fourth-order valence-corrected chi connectivity index (χ4v) is 3.61. The fourth-order valence-electron chi connectivity index (χ4n) is 3.15. The Morgan fingerprint density at radius 3 is 2.35 bits per heavy atom. The predicted molar refractivity (Wildman–Crippen MR) is 111 cm³/mol. The van der Waals surface area contributed by atoms with E-state index in [1.54, 1.807) is 12.4 Å². The van der Waals surface area contributed by atoms with Crippen LogP contribution >= 0.6 is 23.2 Å². The van der Waals surface area contributed by atoms with Gasteiger partial charge in [0.05, 0.1) is 32.5 Å². The minimum atomic E-state index is 0.461. The van der Waals surface area contributed by atoms with Crippen molar-refractivity contribution in [3.63, 3.8) is 0 Å². The van der Waals surface area contributed by atoms with E-state index in [4.69, 9.17) is 28.2 Å². The molecule has 0 aliphatic heterocycles. The number of imidazole rings is 1. The lowest BCUT2D eigenvalue weighted by atomic mass is 10.2. The van der Waals surface area contributed by atoms with E-state index in [-0.39, 0.29) is 0 Å². The second kappa shape index (κ2) is 8.14. The number of hydrogen-bond acceptors (Lipinski definition) is 4. The van der Waals surface area contributed by atoms with Crippen molar-refractivity contribution >= 4 is 51.6 Å². The Balaban J connectivity index is 2.07. The van der Waals surface area contributed by atoms with Crippen LogP contribution in [0, 0.1) is 0 Å². The molecule has 0 spiro atoms. The molecule has 2 heterocycles. The zero-order valence-corrected chi connectivity index (χ0v) is 16.8. The Labute approximate surface area is 163 Å². The molecule has 0 atom stereocenters. The van der Waals surface area contributed by atoms with E-state index in [0.29, 0.717) is 21.7 Å². The summed E-state index contributed by atoms with van der Waals surface area (Å²) in [4.78, 5) is 11.1. The minimum Gasteiger partial charge on any atom is -0.370 e. The molecular weight excluding hydrogens is 369 g/mol. The Bertz CT molecular complexity index is 880. The van der Waals surface area contributed by atoms with Gasteiger partial charge in [0, 0.05) is 32.5 Å². The highest BCUT2D eigenvalue weighted by atomic mass is 35.5. The van der Waals surface area contributed by atoms with Crippen molar-refractivity contribution in [1.29, 1.82) is 0 Å². The van der Waals surface area contributed by atoms with Gasteiger partial charge in [-0.3, -0.25) is 4.98 Å². The zero-order valence-electron chi connectivity index (χ0n) is 15.3. The van der Waals surface area contributed by atoms with Gasteiger partial charge >= 0.3 is 0 Å². The Morgan fingerprint density at radius 2 is 1.73 bits per heavy atom. The van der Waals surface area contributed by atoms with Crippen molar-refractivity contribution in [2.75, 3.05) is 23.3 Å². The number of aromatic nitrogens is 3. The maximum Gasteiger partial charge on any atom is 0.208 e.